The minimum absolute atomic E-state index is 0.0379. The largest absolute Gasteiger partial charge is 0.480 e. The Morgan fingerprint density at radius 1 is 0.791 bits per heavy atom. The number of carboxylic acid groups (broad SMARTS) is 1. The monoisotopic (exact) mass is 607 g/mol. The number of aliphatic carboxylic acids is 1. The Labute approximate surface area is 248 Å². The van der Waals surface area contributed by atoms with E-state index in [0.29, 0.717) is 5.56 Å². The van der Waals surface area contributed by atoms with Gasteiger partial charge in [0.1, 0.15) is 24.2 Å². The van der Waals surface area contributed by atoms with Gasteiger partial charge in [-0.3, -0.25) is 29.0 Å². The minimum Gasteiger partial charge on any atom is -0.480 e. The predicted molar refractivity (Wildman–Crippen MR) is 155 cm³/mol. The Balaban J connectivity index is 3.28. The average Bonchev–Trinajstić information content (AvgIpc) is 2.94. The van der Waals surface area contributed by atoms with Crippen LogP contribution in [0.3, 0.4) is 0 Å². The van der Waals surface area contributed by atoms with Gasteiger partial charge in [-0.25, -0.2) is 4.79 Å². The maximum absolute atomic E-state index is 13.5. The standard InChI is InChI=1S/C26H41N9O8/c1-14(27)21(38)32-17(9-10-20(28)37)23(40)34-18(12-15-6-3-2-4-7-15)24(41)33-16(8-5-11-31-26(29)30)22(39)35-19(13-36)25(42)43/h2-4,6-7,14,16-19,36H,5,8-13,27H2,1H3,(H2,28,37)(H,32,38)(H,33,41)(H,34,40)(H,35,39)(H,42,43)(H4,29,30,31)/t14-,16-,17-,18-,19-/m0/s1. The van der Waals surface area contributed by atoms with Crippen LogP contribution >= 0.6 is 0 Å². The van der Waals surface area contributed by atoms with Crippen LogP contribution in [-0.4, -0.2) is 95.0 Å². The smallest absolute Gasteiger partial charge is 0.328 e. The number of carboxylic acids is 1. The molecule has 0 spiro atoms. The lowest BCUT2D eigenvalue weighted by Crippen LogP contribution is -2.59. The normalized spacial score (nSPS) is 14.1. The van der Waals surface area contributed by atoms with Crippen molar-refractivity contribution < 1.29 is 39.0 Å². The van der Waals surface area contributed by atoms with Gasteiger partial charge in [0.05, 0.1) is 12.6 Å². The fourth-order valence-corrected chi connectivity index (χ4v) is 3.69. The summed E-state index contributed by atoms with van der Waals surface area (Å²) in [6.07, 6.45) is -0.308. The molecule has 1 aromatic rings. The molecule has 14 N–H and O–H groups in total. The van der Waals surface area contributed by atoms with E-state index in [-0.39, 0.29) is 44.6 Å². The number of rotatable bonds is 19. The quantitative estimate of drug-likeness (QED) is 0.0409. The van der Waals surface area contributed by atoms with Gasteiger partial charge in [0.15, 0.2) is 5.96 Å². The van der Waals surface area contributed by atoms with Crippen LogP contribution in [0.15, 0.2) is 35.3 Å². The zero-order chi connectivity index (χ0) is 32.5. The third-order valence-corrected chi connectivity index (χ3v) is 6.02. The number of nitrogens with two attached hydrogens (primary N) is 4. The molecule has 0 saturated carbocycles. The van der Waals surface area contributed by atoms with Gasteiger partial charge in [0, 0.05) is 19.4 Å². The number of primary amides is 1. The number of nitrogens with zero attached hydrogens (tertiary/aromatic N) is 1. The van der Waals surface area contributed by atoms with Crippen LogP contribution in [0.4, 0.5) is 0 Å². The van der Waals surface area contributed by atoms with Crippen molar-refractivity contribution in [2.24, 2.45) is 27.9 Å². The number of carbonyl (C=O) groups excluding carboxylic acids is 5. The molecular formula is C26H41N9O8. The fraction of sp³-hybridized carbons (Fsp3) is 0.500. The number of guanidine groups is 1. The van der Waals surface area contributed by atoms with E-state index < -0.39 is 72.3 Å². The molecule has 0 radical (unpaired) electrons. The molecule has 0 aliphatic heterocycles. The van der Waals surface area contributed by atoms with Crippen LogP contribution in [0.1, 0.15) is 38.2 Å². The topological polar surface area (TPSA) is 307 Å². The van der Waals surface area contributed by atoms with Gasteiger partial charge in [-0.05, 0) is 31.7 Å². The SMILES string of the molecule is C[C@H](N)C(=O)N[C@@H](CCC(N)=O)C(=O)N[C@@H](Cc1ccccc1)C(=O)N[C@@H](CCCN=C(N)N)C(=O)N[C@@H](CO)C(=O)O. The molecule has 1 aromatic carbocycles. The first kappa shape index (κ1) is 36.3. The first-order chi connectivity index (χ1) is 20.2. The summed E-state index contributed by atoms with van der Waals surface area (Å²) in [5, 5.41) is 28.2. The molecule has 0 heterocycles. The van der Waals surface area contributed by atoms with E-state index in [1.165, 1.54) is 6.92 Å². The highest BCUT2D eigenvalue weighted by molar-refractivity contribution is 5.95. The molecule has 0 unspecified atom stereocenters. The molecule has 0 fully saturated rings. The maximum Gasteiger partial charge on any atom is 0.328 e. The van der Waals surface area contributed by atoms with E-state index >= 15 is 0 Å². The lowest BCUT2D eigenvalue weighted by Gasteiger charge is -2.26. The molecule has 5 amide bonds. The van der Waals surface area contributed by atoms with Gasteiger partial charge in [0.2, 0.25) is 29.5 Å². The first-order valence-corrected chi connectivity index (χ1v) is 13.4. The van der Waals surface area contributed by atoms with Crippen LogP contribution in [-0.2, 0) is 35.2 Å². The second-order valence-corrected chi connectivity index (χ2v) is 9.70. The van der Waals surface area contributed by atoms with Crippen molar-refractivity contribution in [1.82, 2.24) is 21.3 Å². The number of hydrogen-bond donors (Lipinski definition) is 10. The number of amides is 5. The highest BCUT2D eigenvalue weighted by Crippen LogP contribution is 2.08. The van der Waals surface area contributed by atoms with Crippen molar-refractivity contribution in [3.63, 3.8) is 0 Å². The number of aliphatic hydroxyl groups is 1. The number of nitrogens with one attached hydrogen (secondary N) is 4. The summed E-state index contributed by atoms with van der Waals surface area (Å²) in [6.45, 7) is 0.589. The summed E-state index contributed by atoms with van der Waals surface area (Å²) in [7, 11) is 0. The molecule has 0 aromatic heterocycles. The Morgan fingerprint density at radius 3 is 1.81 bits per heavy atom. The Bertz CT molecular complexity index is 1140. The lowest BCUT2D eigenvalue weighted by atomic mass is 10.0. The Morgan fingerprint density at radius 2 is 1.30 bits per heavy atom. The molecular weight excluding hydrogens is 566 g/mol. The zero-order valence-corrected chi connectivity index (χ0v) is 23.8. The van der Waals surface area contributed by atoms with Gasteiger partial charge < -0.3 is 54.4 Å². The third kappa shape index (κ3) is 14.1. The van der Waals surface area contributed by atoms with Gasteiger partial charge in [-0.1, -0.05) is 30.3 Å². The second-order valence-electron chi connectivity index (χ2n) is 9.70. The van der Waals surface area contributed by atoms with E-state index in [9.17, 15) is 39.0 Å². The van der Waals surface area contributed by atoms with E-state index in [0.717, 1.165) is 0 Å². The van der Waals surface area contributed by atoms with Crippen molar-refractivity contribution in [3.8, 4) is 0 Å². The van der Waals surface area contributed by atoms with E-state index in [1.54, 1.807) is 30.3 Å². The van der Waals surface area contributed by atoms with Crippen LogP contribution < -0.4 is 44.2 Å². The molecule has 17 nitrogen and oxygen atoms in total. The second kappa shape index (κ2) is 18.6. The number of aliphatic imine (C=N–C) groups is 1. The van der Waals surface area contributed by atoms with Crippen LogP contribution in [0.25, 0.3) is 0 Å². The predicted octanol–water partition coefficient (Wildman–Crippen LogP) is -4.09. The number of hydrogen-bond acceptors (Lipinski definition) is 9. The number of benzene rings is 1. The summed E-state index contributed by atoms with van der Waals surface area (Å²) in [6, 6.07) is 2.10. The molecule has 5 atom stereocenters. The number of aliphatic hydroxyl groups excluding tert-OH is 1. The maximum atomic E-state index is 13.5. The third-order valence-electron chi connectivity index (χ3n) is 6.02. The average molecular weight is 608 g/mol. The molecule has 17 heteroatoms. The summed E-state index contributed by atoms with van der Waals surface area (Å²) >= 11 is 0. The molecule has 0 aliphatic carbocycles. The lowest BCUT2D eigenvalue weighted by molar-refractivity contribution is -0.143. The van der Waals surface area contributed by atoms with Crippen molar-refractivity contribution >= 4 is 41.5 Å². The van der Waals surface area contributed by atoms with Gasteiger partial charge in [0.25, 0.3) is 0 Å². The van der Waals surface area contributed by atoms with Crippen LogP contribution in [0.2, 0.25) is 0 Å². The van der Waals surface area contributed by atoms with Crippen molar-refractivity contribution in [3.05, 3.63) is 35.9 Å². The Hall–Kier alpha value is -4.77. The molecule has 43 heavy (non-hydrogen) atoms. The van der Waals surface area contributed by atoms with Gasteiger partial charge in [-0.15, -0.1) is 0 Å². The molecule has 0 aliphatic rings. The first-order valence-electron chi connectivity index (χ1n) is 13.4. The van der Waals surface area contributed by atoms with E-state index in [2.05, 4.69) is 26.3 Å². The summed E-state index contributed by atoms with van der Waals surface area (Å²) in [5.74, 6) is -5.62. The van der Waals surface area contributed by atoms with Gasteiger partial charge in [-0.2, -0.15) is 0 Å². The van der Waals surface area contributed by atoms with Crippen molar-refractivity contribution in [2.75, 3.05) is 13.2 Å². The van der Waals surface area contributed by atoms with Gasteiger partial charge >= 0.3 is 5.97 Å². The van der Waals surface area contributed by atoms with E-state index in [1.807, 2.05) is 0 Å². The summed E-state index contributed by atoms with van der Waals surface area (Å²) in [4.78, 5) is 78.5. The molecule has 0 bridgehead atoms. The fourth-order valence-electron chi connectivity index (χ4n) is 3.69. The Kier molecular flexibility index (Phi) is 15.7. The number of carbonyl (C=O) groups is 6. The molecule has 0 saturated heterocycles. The summed E-state index contributed by atoms with van der Waals surface area (Å²) < 4.78 is 0. The molecule has 1 rings (SSSR count). The molecule has 238 valence electrons. The van der Waals surface area contributed by atoms with Crippen LogP contribution in [0, 0.1) is 0 Å². The minimum atomic E-state index is -1.64. The van der Waals surface area contributed by atoms with Crippen molar-refractivity contribution in [2.45, 2.75) is 69.2 Å². The zero-order valence-electron chi connectivity index (χ0n) is 23.8. The van der Waals surface area contributed by atoms with Crippen molar-refractivity contribution in [1.29, 1.82) is 0 Å². The van der Waals surface area contributed by atoms with Crippen LogP contribution in [0.5, 0.6) is 0 Å². The highest BCUT2D eigenvalue weighted by Gasteiger charge is 2.31. The van der Waals surface area contributed by atoms with E-state index in [4.69, 9.17) is 22.9 Å². The summed E-state index contributed by atoms with van der Waals surface area (Å²) in [5.41, 5.74) is 22.1. The highest BCUT2D eigenvalue weighted by atomic mass is 16.4.